The number of carbonyl (C=O) groups is 1. The minimum Gasteiger partial charge on any atom is -0.379 e. The van der Waals surface area contributed by atoms with Gasteiger partial charge in [-0.25, -0.2) is 4.39 Å². The maximum absolute atomic E-state index is 13.1. The molecule has 0 bridgehead atoms. The number of hydrogen-bond acceptors (Lipinski definition) is 4. The van der Waals surface area contributed by atoms with Crippen LogP contribution in [-0.2, 0) is 9.53 Å². The van der Waals surface area contributed by atoms with Gasteiger partial charge in [-0.05, 0) is 24.6 Å². The lowest BCUT2D eigenvalue weighted by molar-refractivity contribution is -0.121. The summed E-state index contributed by atoms with van der Waals surface area (Å²) in [5, 5.41) is 11.3. The van der Waals surface area contributed by atoms with Gasteiger partial charge < -0.3 is 15.8 Å². The minimum absolute atomic E-state index is 0.124. The van der Waals surface area contributed by atoms with Gasteiger partial charge in [0.15, 0.2) is 0 Å². The molecule has 0 aliphatic carbocycles. The lowest BCUT2D eigenvalue weighted by Gasteiger charge is -2.20. The molecule has 1 saturated heterocycles. The zero-order valence-electron chi connectivity index (χ0n) is 9.57. The predicted molar refractivity (Wildman–Crippen MR) is 62.1 cm³/mol. The fourth-order valence-electron chi connectivity index (χ4n) is 1.70. The van der Waals surface area contributed by atoms with Gasteiger partial charge >= 0.3 is 0 Å². The largest absolute Gasteiger partial charge is 0.379 e. The molecule has 94 valence electrons. The van der Waals surface area contributed by atoms with E-state index in [1.54, 1.807) is 6.07 Å². The highest BCUT2D eigenvalue weighted by atomic mass is 19.1. The Hall–Kier alpha value is -1.97. The second-order valence-corrected chi connectivity index (χ2v) is 4.22. The SMILES string of the molecule is N#Cc1cc(NC(=O)C2(N)CCOC2)ccc1F. The van der Waals surface area contributed by atoms with E-state index >= 15 is 0 Å². The van der Waals surface area contributed by atoms with Gasteiger partial charge in [-0.2, -0.15) is 5.26 Å². The molecule has 5 nitrogen and oxygen atoms in total. The Morgan fingerprint density at radius 2 is 2.39 bits per heavy atom. The maximum atomic E-state index is 13.1. The highest BCUT2D eigenvalue weighted by molar-refractivity contribution is 5.98. The fraction of sp³-hybridized carbons (Fsp3) is 0.333. The smallest absolute Gasteiger partial charge is 0.246 e. The van der Waals surface area contributed by atoms with Gasteiger partial charge in [0.1, 0.15) is 17.4 Å². The van der Waals surface area contributed by atoms with Crippen LogP contribution in [0.15, 0.2) is 18.2 Å². The van der Waals surface area contributed by atoms with Crippen molar-refractivity contribution in [3.63, 3.8) is 0 Å². The van der Waals surface area contributed by atoms with Crippen molar-refractivity contribution in [2.24, 2.45) is 5.73 Å². The molecule has 3 N–H and O–H groups in total. The number of halogens is 1. The Labute approximate surface area is 103 Å². The first-order valence-corrected chi connectivity index (χ1v) is 5.43. The van der Waals surface area contributed by atoms with E-state index in [2.05, 4.69) is 5.32 Å². The van der Waals surface area contributed by atoms with E-state index in [0.29, 0.717) is 18.7 Å². The Balaban J connectivity index is 2.15. The first kappa shape index (κ1) is 12.5. The first-order valence-electron chi connectivity index (χ1n) is 5.43. The van der Waals surface area contributed by atoms with Crippen LogP contribution in [0, 0.1) is 17.1 Å². The van der Waals surface area contributed by atoms with Crippen LogP contribution in [0.25, 0.3) is 0 Å². The molecule has 1 aliphatic heterocycles. The second-order valence-electron chi connectivity index (χ2n) is 4.22. The number of hydrogen-bond donors (Lipinski definition) is 2. The normalized spacial score (nSPS) is 22.5. The summed E-state index contributed by atoms with van der Waals surface area (Å²) in [6, 6.07) is 5.49. The summed E-state index contributed by atoms with van der Waals surface area (Å²) in [5.74, 6) is -1.02. The first-order chi connectivity index (χ1) is 8.55. The van der Waals surface area contributed by atoms with E-state index in [-0.39, 0.29) is 12.2 Å². The van der Waals surface area contributed by atoms with Crippen molar-refractivity contribution in [3.05, 3.63) is 29.6 Å². The number of carbonyl (C=O) groups excluding carboxylic acids is 1. The quantitative estimate of drug-likeness (QED) is 0.809. The van der Waals surface area contributed by atoms with Gasteiger partial charge in [-0.15, -0.1) is 0 Å². The Morgan fingerprint density at radius 3 is 3.00 bits per heavy atom. The number of nitriles is 1. The summed E-state index contributed by atoms with van der Waals surface area (Å²) >= 11 is 0. The van der Waals surface area contributed by atoms with Crippen molar-refractivity contribution in [1.29, 1.82) is 5.26 Å². The number of anilines is 1. The lowest BCUT2D eigenvalue weighted by Crippen LogP contribution is -2.51. The lowest BCUT2D eigenvalue weighted by atomic mass is 9.99. The molecule has 1 atom stereocenters. The van der Waals surface area contributed by atoms with Crippen molar-refractivity contribution in [2.75, 3.05) is 18.5 Å². The third kappa shape index (κ3) is 2.32. The molecule has 0 spiro atoms. The number of nitrogens with two attached hydrogens (primary N) is 1. The Kier molecular flexibility index (Phi) is 3.28. The third-order valence-corrected chi connectivity index (χ3v) is 2.85. The molecule has 0 aromatic heterocycles. The van der Waals surface area contributed by atoms with Crippen LogP contribution in [0.3, 0.4) is 0 Å². The molecule has 1 aromatic carbocycles. The molecule has 1 unspecified atom stereocenters. The van der Waals surface area contributed by atoms with Gasteiger partial charge in [-0.3, -0.25) is 4.79 Å². The predicted octanol–water partition coefficient (Wildman–Crippen LogP) is 0.754. The summed E-state index contributed by atoms with van der Waals surface area (Å²) in [7, 11) is 0. The molecular weight excluding hydrogens is 237 g/mol. The molecule has 0 radical (unpaired) electrons. The standard InChI is InChI=1S/C12H12FN3O2/c13-10-2-1-9(5-8(10)6-14)16-11(17)12(15)3-4-18-7-12/h1-2,5H,3-4,7,15H2,(H,16,17). The number of benzene rings is 1. The van der Waals surface area contributed by atoms with Crippen LogP contribution in [-0.4, -0.2) is 24.7 Å². The highest BCUT2D eigenvalue weighted by Crippen LogP contribution is 2.19. The van der Waals surface area contributed by atoms with Crippen LogP contribution in [0.1, 0.15) is 12.0 Å². The van der Waals surface area contributed by atoms with Crippen LogP contribution < -0.4 is 11.1 Å². The molecule has 6 heteroatoms. The van der Waals surface area contributed by atoms with Crippen LogP contribution >= 0.6 is 0 Å². The van der Waals surface area contributed by atoms with Crippen molar-refractivity contribution in [3.8, 4) is 6.07 Å². The van der Waals surface area contributed by atoms with E-state index in [0.717, 1.165) is 6.07 Å². The van der Waals surface area contributed by atoms with Crippen LogP contribution in [0.5, 0.6) is 0 Å². The molecular formula is C12H12FN3O2. The summed E-state index contributed by atoms with van der Waals surface area (Å²) in [4.78, 5) is 11.9. The van der Waals surface area contributed by atoms with Crippen LogP contribution in [0.2, 0.25) is 0 Å². The molecule has 1 amide bonds. The summed E-state index contributed by atoms with van der Waals surface area (Å²) < 4.78 is 18.2. The molecule has 2 rings (SSSR count). The number of rotatable bonds is 2. The summed E-state index contributed by atoms with van der Waals surface area (Å²) in [6.45, 7) is 0.599. The molecule has 1 aliphatic rings. The molecule has 1 fully saturated rings. The van der Waals surface area contributed by atoms with Gasteiger partial charge in [-0.1, -0.05) is 0 Å². The maximum Gasteiger partial charge on any atom is 0.246 e. The molecule has 1 aromatic rings. The van der Waals surface area contributed by atoms with Gasteiger partial charge in [0, 0.05) is 12.3 Å². The van der Waals surface area contributed by atoms with Crippen molar-refractivity contribution >= 4 is 11.6 Å². The minimum atomic E-state index is -1.05. The van der Waals surface area contributed by atoms with Crippen LogP contribution in [0.4, 0.5) is 10.1 Å². The topological polar surface area (TPSA) is 88.1 Å². The molecule has 0 saturated carbocycles. The number of nitrogens with one attached hydrogen (secondary N) is 1. The average molecular weight is 249 g/mol. The van der Waals surface area contributed by atoms with E-state index in [4.69, 9.17) is 15.7 Å². The number of nitrogens with zero attached hydrogens (tertiary/aromatic N) is 1. The summed E-state index contributed by atoms with van der Waals surface area (Å²) in [5.41, 5.74) is 5.04. The summed E-state index contributed by atoms with van der Waals surface area (Å²) in [6.07, 6.45) is 0.436. The van der Waals surface area contributed by atoms with Crippen molar-refractivity contribution in [2.45, 2.75) is 12.0 Å². The number of ether oxygens (including phenoxy) is 1. The van der Waals surface area contributed by atoms with E-state index < -0.39 is 17.3 Å². The van der Waals surface area contributed by atoms with Crippen molar-refractivity contribution in [1.82, 2.24) is 0 Å². The van der Waals surface area contributed by atoms with Gasteiger partial charge in [0.25, 0.3) is 0 Å². The zero-order chi connectivity index (χ0) is 13.2. The third-order valence-electron chi connectivity index (χ3n) is 2.85. The van der Waals surface area contributed by atoms with Gasteiger partial charge in [0.05, 0.1) is 12.2 Å². The van der Waals surface area contributed by atoms with E-state index in [1.165, 1.54) is 12.1 Å². The van der Waals surface area contributed by atoms with Gasteiger partial charge in [0.2, 0.25) is 5.91 Å². The van der Waals surface area contributed by atoms with Crippen molar-refractivity contribution < 1.29 is 13.9 Å². The van der Waals surface area contributed by atoms with E-state index in [9.17, 15) is 9.18 Å². The second kappa shape index (κ2) is 4.72. The Morgan fingerprint density at radius 1 is 1.61 bits per heavy atom. The average Bonchev–Trinajstić information content (AvgIpc) is 2.80. The molecule has 1 heterocycles. The van der Waals surface area contributed by atoms with E-state index in [1.807, 2.05) is 0 Å². The molecule has 18 heavy (non-hydrogen) atoms. The fourth-order valence-corrected chi connectivity index (χ4v) is 1.70. The monoisotopic (exact) mass is 249 g/mol. The Bertz CT molecular complexity index is 519. The zero-order valence-corrected chi connectivity index (χ0v) is 9.57. The highest BCUT2D eigenvalue weighted by Gasteiger charge is 2.38. The number of amides is 1.